The molecule has 0 saturated carbocycles. The van der Waals surface area contributed by atoms with Crippen LogP contribution < -0.4 is 5.32 Å². The summed E-state index contributed by atoms with van der Waals surface area (Å²) in [6.07, 6.45) is -0.261. The number of hydrogen-bond donors (Lipinski definition) is 2. The quantitative estimate of drug-likeness (QED) is 0.824. The molecular formula is C18H19NO4. The summed E-state index contributed by atoms with van der Waals surface area (Å²) in [4.78, 5) is 23.0. The number of carboxylic acids is 1. The Morgan fingerprint density at radius 1 is 0.957 bits per heavy atom. The average Bonchev–Trinajstić information content (AvgIpc) is 2.58. The molecule has 23 heavy (non-hydrogen) atoms. The summed E-state index contributed by atoms with van der Waals surface area (Å²) >= 11 is 0. The number of aliphatic carboxylic acids is 1. The van der Waals surface area contributed by atoms with Gasteiger partial charge in [-0.25, -0.2) is 4.79 Å². The maximum atomic E-state index is 11.7. The van der Waals surface area contributed by atoms with Crippen molar-refractivity contribution < 1.29 is 19.4 Å². The van der Waals surface area contributed by atoms with Crippen molar-refractivity contribution in [3.05, 3.63) is 71.8 Å². The summed E-state index contributed by atoms with van der Waals surface area (Å²) in [5.41, 5.74) is 1.79. The molecule has 0 unspecified atom stereocenters. The highest BCUT2D eigenvalue weighted by molar-refractivity contribution is 5.72. The van der Waals surface area contributed by atoms with Gasteiger partial charge in [-0.15, -0.1) is 0 Å². The molecule has 2 aromatic rings. The average molecular weight is 313 g/mol. The summed E-state index contributed by atoms with van der Waals surface area (Å²) in [7, 11) is 0. The summed E-state index contributed by atoms with van der Waals surface area (Å²) in [5, 5.41) is 11.8. The second-order valence-electron chi connectivity index (χ2n) is 5.17. The maximum Gasteiger partial charge on any atom is 0.407 e. The fraction of sp³-hybridized carbons (Fsp3) is 0.222. The summed E-state index contributed by atoms with van der Waals surface area (Å²) in [5.74, 6) is -1.64. The molecule has 2 rings (SSSR count). The molecule has 0 bridgehead atoms. The van der Waals surface area contributed by atoms with Gasteiger partial charge in [-0.1, -0.05) is 60.7 Å². The Morgan fingerprint density at radius 3 is 2.09 bits per heavy atom. The first-order valence-corrected chi connectivity index (χ1v) is 7.36. The summed E-state index contributed by atoms with van der Waals surface area (Å²) < 4.78 is 5.07. The van der Waals surface area contributed by atoms with Crippen LogP contribution in [0.25, 0.3) is 0 Å². The van der Waals surface area contributed by atoms with Crippen molar-refractivity contribution in [1.82, 2.24) is 5.32 Å². The molecule has 0 heterocycles. The van der Waals surface area contributed by atoms with Crippen LogP contribution in [0.2, 0.25) is 0 Å². The molecule has 2 aromatic carbocycles. The topological polar surface area (TPSA) is 75.6 Å². The molecular weight excluding hydrogens is 294 g/mol. The van der Waals surface area contributed by atoms with Gasteiger partial charge in [-0.3, -0.25) is 4.79 Å². The molecule has 5 nitrogen and oxygen atoms in total. The highest BCUT2D eigenvalue weighted by atomic mass is 16.5. The lowest BCUT2D eigenvalue weighted by Gasteiger charge is -2.13. The fourth-order valence-corrected chi connectivity index (χ4v) is 2.13. The molecule has 0 saturated heterocycles. The van der Waals surface area contributed by atoms with E-state index >= 15 is 0 Å². The predicted octanol–water partition coefficient (Wildman–Crippen LogP) is 2.86. The van der Waals surface area contributed by atoms with Crippen LogP contribution >= 0.6 is 0 Å². The molecule has 0 aliphatic carbocycles. The Bertz CT molecular complexity index is 628. The standard InChI is InChI=1S/C18H19NO4/c20-17(21)16(11-14-7-3-1-4-8-14)12-19-18(22)23-13-15-9-5-2-6-10-15/h1-10,16H,11-13H2,(H,19,22)(H,20,21)/t16-/m0/s1. The minimum absolute atomic E-state index is 0.0256. The van der Waals surface area contributed by atoms with Crippen LogP contribution in [-0.4, -0.2) is 23.7 Å². The molecule has 2 N–H and O–H groups in total. The van der Waals surface area contributed by atoms with Crippen LogP contribution in [0.4, 0.5) is 4.79 Å². The first-order chi connectivity index (χ1) is 11.1. The number of carbonyl (C=O) groups excluding carboxylic acids is 1. The van der Waals surface area contributed by atoms with Crippen LogP contribution in [0.5, 0.6) is 0 Å². The zero-order valence-corrected chi connectivity index (χ0v) is 12.6. The van der Waals surface area contributed by atoms with Gasteiger partial charge in [0.15, 0.2) is 0 Å². The number of benzene rings is 2. The number of alkyl carbamates (subject to hydrolysis) is 1. The van der Waals surface area contributed by atoms with E-state index in [1.54, 1.807) is 0 Å². The maximum absolute atomic E-state index is 11.7. The van der Waals surface area contributed by atoms with Crippen LogP contribution in [0.15, 0.2) is 60.7 Å². The van der Waals surface area contributed by atoms with E-state index in [-0.39, 0.29) is 13.2 Å². The molecule has 1 atom stereocenters. The molecule has 0 aliphatic heterocycles. The van der Waals surface area contributed by atoms with Crippen molar-refractivity contribution in [2.45, 2.75) is 13.0 Å². The second kappa shape index (κ2) is 8.58. The van der Waals surface area contributed by atoms with Crippen molar-refractivity contribution in [2.75, 3.05) is 6.54 Å². The lowest BCUT2D eigenvalue weighted by molar-refractivity contribution is -0.141. The van der Waals surface area contributed by atoms with E-state index in [0.29, 0.717) is 6.42 Å². The van der Waals surface area contributed by atoms with Crippen LogP contribution in [-0.2, 0) is 22.6 Å². The first kappa shape index (κ1) is 16.5. The minimum atomic E-state index is -0.947. The third-order valence-corrected chi connectivity index (χ3v) is 3.38. The normalized spacial score (nSPS) is 11.5. The van der Waals surface area contributed by atoms with E-state index < -0.39 is 18.0 Å². The van der Waals surface area contributed by atoms with E-state index in [0.717, 1.165) is 11.1 Å². The predicted molar refractivity (Wildman–Crippen MR) is 85.9 cm³/mol. The molecule has 0 spiro atoms. The van der Waals surface area contributed by atoms with Gasteiger partial charge in [0.1, 0.15) is 6.61 Å². The number of nitrogens with one attached hydrogen (secondary N) is 1. The Morgan fingerprint density at radius 2 is 1.52 bits per heavy atom. The van der Waals surface area contributed by atoms with E-state index in [4.69, 9.17) is 4.74 Å². The van der Waals surface area contributed by atoms with Crippen molar-refractivity contribution in [3.8, 4) is 0 Å². The molecule has 5 heteroatoms. The lowest BCUT2D eigenvalue weighted by Crippen LogP contribution is -2.34. The van der Waals surface area contributed by atoms with E-state index in [9.17, 15) is 14.7 Å². The van der Waals surface area contributed by atoms with Crippen molar-refractivity contribution in [2.24, 2.45) is 5.92 Å². The van der Waals surface area contributed by atoms with Crippen LogP contribution in [0, 0.1) is 5.92 Å². The molecule has 0 fully saturated rings. The van der Waals surface area contributed by atoms with E-state index in [2.05, 4.69) is 5.32 Å². The number of carboxylic acid groups (broad SMARTS) is 1. The number of rotatable bonds is 7. The zero-order valence-electron chi connectivity index (χ0n) is 12.6. The fourth-order valence-electron chi connectivity index (χ4n) is 2.13. The molecule has 120 valence electrons. The number of ether oxygens (including phenoxy) is 1. The van der Waals surface area contributed by atoms with Gasteiger partial charge in [-0.05, 0) is 17.5 Å². The van der Waals surface area contributed by atoms with Gasteiger partial charge in [0, 0.05) is 6.54 Å². The molecule has 0 aliphatic rings. The molecule has 1 amide bonds. The van der Waals surface area contributed by atoms with Crippen LogP contribution in [0.3, 0.4) is 0 Å². The van der Waals surface area contributed by atoms with Gasteiger partial charge < -0.3 is 15.2 Å². The Kier molecular flexibility index (Phi) is 6.17. The minimum Gasteiger partial charge on any atom is -0.481 e. The monoisotopic (exact) mass is 313 g/mol. The highest BCUT2D eigenvalue weighted by Gasteiger charge is 2.19. The largest absolute Gasteiger partial charge is 0.481 e. The Balaban J connectivity index is 1.79. The zero-order chi connectivity index (χ0) is 16.5. The molecule has 0 aromatic heterocycles. The van der Waals surface area contributed by atoms with Crippen molar-refractivity contribution in [1.29, 1.82) is 0 Å². The van der Waals surface area contributed by atoms with Gasteiger partial charge >= 0.3 is 12.1 Å². The van der Waals surface area contributed by atoms with E-state index in [1.807, 2.05) is 60.7 Å². The Labute approximate surface area is 134 Å². The highest BCUT2D eigenvalue weighted by Crippen LogP contribution is 2.09. The van der Waals surface area contributed by atoms with Gasteiger partial charge in [-0.2, -0.15) is 0 Å². The number of carbonyl (C=O) groups is 2. The summed E-state index contributed by atoms with van der Waals surface area (Å²) in [6.45, 7) is 0.181. The third-order valence-electron chi connectivity index (χ3n) is 3.38. The Hall–Kier alpha value is -2.82. The SMILES string of the molecule is O=C(NC[C@H](Cc1ccccc1)C(=O)O)OCc1ccccc1. The molecule has 0 radical (unpaired) electrons. The first-order valence-electron chi connectivity index (χ1n) is 7.36. The van der Waals surface area contributed by atoms with Gasteiger partial charge in [0.2, 0.25) is 0 Å². The third kappa shape index (κ3) is 5.82. The smallest absolute Gasteiger partial charge is 0.407 e. The van der Waals surface area contributed by atoms with Crippen LogP contribution in [0.1, 0.15) is 11.1 Å². The van der Waals surface area contributed by atoms with Crippen molar-refractivity contribution in [3.63, 3.8) is 0 Å². The summed E-state index contributed by atoms with van der Waals surface area (Å²) in [6, 6.07) is 18.6. The number of hydrogen-bond acceptors (Lipinski definition) is 3. The van der Waals surface area contributed by atoms with E-state index in [1.165, 1.54) is 0 Å². The second-order valence-corrected chi connectivity index (χ2v) is 5.17. The lowest BCUT2D eigenvalue weighted by atomic mass is 9.99. The number of amides is 1. The van der Waals surface area contributed by atoms with Gasteiger partial charge in [0.25, 0.3) is 0 Å². The van der Waals surface area contributed by atoms with Crippen molar-refractivity contribution >= 4 is 12.1 Å². The van der Waals surface area contributed by atoms with Gasteiger partial charge in [0.05, 0.1) is 5.92 Å².